The van der Waals surface area contributed by atoms with Crippen LogP contribution in [0.3, 0.4) is 0 Å². The van der Waals surface area contributed by atoms with Crippen LogP contribution in [0.15, 0.2) is 22.7 Å². The van der Waals surface area contributed by atoms with Crippen molar-refractivity contribution in [2.24, 2.45) is 11.8 Å². The number of hydrogen-bond acceptors (Lipinski definition) is 4. The number of rotatable bonds is 4. The number of imide groups is 1. The van der Waals surface area contributed by atoms with Gasteiger partial charge in [-0.2, -0.15) is 0 Å². The molecule has 2 amide bonds. The number of likely N-dealkylation sites (tertiary alicyclic amines) is 1. The lowest BCUT2D eigenvalue weighted by molar-refractivity contribution is -0.141. The molecule has 5 nitrogen and oxygen atoms in total. The van der Waals surface area contributed by atoms with Crippen LogP contribution in [0.4, 0.5) is 0 Å². The highest BCUT2D eigenvalue weighted by Gasteiger charge is 2.47. The molecular weight excluding hydrogens is 398 g/mol. The zero-order chi connectivity index (χ0) is 17.3. The minimum Gasteiger partial charge on any atom is -0.425 e. The largest absolute Gasteiger partial charge is 0.425 e. The molecule has 0 radical (unpaired) electrons. The molecule has 1 aromatic carbocycles. The third-order valence-corrected chi connectivity index (χ3v) is 5.44. The van der Waals surface area contributed by atoms with Crippen molar-refractivity contribution in [3.8, 4) is 5.75 Å². The summed E-state index contributed by atoms with van der Waals surface area (Å²) in [5, 5.41) is 0.525. The summed E-state index contributed by atoms with van der Waals surface area (Å²) in [7, 11) is 0. The van der Waals surface area contributed by atoms with Crippen molar-refractivity contribution in [1.29, 1.82) is 0 Å². The molecule has 1 aliphatic carbocycles. The second-order valence-electron chi connectivity index (χ2n) is 6.12. The van der Waals surface area contributed by atoms with E-state index in [1.165, 1.54) is 4.90 Å². The van der Waals surface area contributed by atoms with Crippen LogP contribution in [-0.2, 0) is 14.4 Å². The molecule has 128 valence electrons. The Labute approximate surface area is 153 Å². The van der Waals surface area contributed by atoms with Crippen LogP contribution in [0, 0.1) is 11.8 Å². The topological polar surface area (TPSA) is 63.7 Å². The van der Waals surface area contributed by atoms with Gasteiger partial charge in [-0.3, -0.25) is 19.3 Å². The number of fused-ring (bicyclic) bond motifs is 1. The van der Waals surface area contributed by atoms with Crippen LogP contribution in [0.2, 0.25) is 5.02 Å². The smallest absolute Gasteiger partial charge is 0.313 e. The third-order valence-electron chi connectivity index (χ3n) is 4.59. The quantitative estimate of drug-likeness (QED) is 0.429. The summed E-state index contributed by atoms with van der Waals surface area (Å²) in [5.41, 5.74) is 0. The highest BCUT2D eigenvalue weighted by atomic mass is 79.9. The van der Waals surface area contributed by atoms with E-state index >= 15 is 0 Å². The van der Waals surface area contributed by atoms with Gasteiger partial charge >= 0.3 is 5.97 Å². The van der Waals surface area contributed by atoms with E-state index in [2.05, 4.69) is 15.9 Å². The lowest BCUT2D eigenvalue weighted by atomic mass is 9.81. The first-order chi connectivity index (χ1) is 11.5. The van der Waals surface area contributed by atoms with Gasteiger partial charge in [-0.25, -0.2) is 0 Å². The van der Waals surface area contributed by atoms with E-state index < -0.39 is 5.97 Å². The van der Waals surface area contributed by atoms with Gasteiger partial charge in [-0.15, -0.1) is 0 Å². The Morgan fingerprint density at radius 3 is 2.42 bits per heavy atom. The Kier molecular flexibility index (Phi) is 5.25. The summed E-state index contributed by atoms with van der Waals surface area (Å²) < 4.78 is 5.83. The van der Waals surface area contributed by atoms with E-state index in [0.717, 1.165) is 25.7 Å². The van der Waals surface area contributed by atoms with Crippen molar-refractivity contribution in [3.63, 3.8) is 0 Å². The molecule has 1 aromatic rings. The highest BCUT2D eigenvalue weighted by molar-refractivity contribution is 9.10. The molecule has 0 aromatic heterocycles. The molecular formula is C17H17BrClNO4. The van der Waals surface area contributed by atoms with Crippen molar-refractivity contribution in [2.75, 3.05) is 6.54 Å². The van der Waals surface area contributed by atoms with Crippen LogP contribution in [0.25, 0.3) is 0 Å². The summed E-state index contributed by atoms with van der Waals surface area (Å²) in [6.45, 7) is 0.0781. The standard InChI is InChI=1S/C17H17BrClNO4/c18-13-9-10(19)5-6-14(13)24-15(21)7-8-20-16(22)11-3-1-2-4-12(11)17(20)23/h5-6,9,11-12H,1-4,7-8H2. The van der Waals surface area contributed by atoms with Gasteiger partial charge < -0.3 is 4.74 Å². The molecule has 2 fully saturated rings. The van der Waals surface area contributed by atoms with Crippen LogP contribution < -0.4 is 4.74 Å². The molecule has 1 heterocycles. The first kappa shape index (κ1) is 17.4. The highest BCUT2D eigenvalue weighted by Crippen LogP contribution is 2.38. The Balaban J connectivity index is 1.58. The maximum atomic E-state index is 12.3. The van der Waals surface area contributed by atoms with Crippen molar-refractivity contribution < 1.29 is 19.1 Å². The van der Waals surface area contributed by atoms with Gasteiger partial charge in [0.1, 0.15) is 5.75 Å². The van der Waals surface area contributed by atoms with Gasteiger partial charge in [0, 0.05) is 11.6 Å². The van der Waals surface area contributed by atoms with Crippen molar-refractivity contribution in [3.05, 3.63) is 27.7 Å². The van der Waals surface area contributed by atoms with Gasteiger partial charge in [-0.05, 0) is 47.0 Å². The average molecular weight is 415 g/mol. The minimum absolute atomic E-state index is 0.0218. The first-order valence-electron chi connectivity index (χ1n) is 7.98. The van der Waals surface area contributed by atoms with Crippen LogP contribution >= 0.6 is 27.5 Å². The number of hydrogen-bond donors (Lipinski definition) is 0. The van der Waals surface area contributed by atoms with Crippen molar-refractivity contribution in [2.45, 2.75) is 32.1 Å². The van der Waals surface area contributed by atoms with Crippen molar-refractivity contribution >= 4 is 45.3 Å². The van der Waals surface area contributed by atoms with E-state index in [4.69, 9.17) is 16.3 Å². The average Bonchev–Trinajstić information content (AvgIpc) is 2.80. The molecule has 3 rings (SSSR count). The Morgan fingerprint density at radius 1 is 1.21 bits per heavy atom. The van der Waals surface area contributed by atoms with Gasteiger partial charge in [0.05, 0.1) is 22.7 Å². The van der Waals surface area contributed by atoms with E-state index in [9.17, 15) is 14.4 Å². The van der Waals surface area contributed by atoms with E-state index in [1.807, 2.05) is 0 Å². The second kappa shape index (κ2) is 7.23. The zero-order valence-electron chi connectivity index (χ0n) is 13.0. The lowest BCUT2D eigenvalue weighted by Gasteiger charge is -2.19. The van der Waals surface area contributed by atoms with Crippen molar-refractivity contribution in [1.82, 2.24) is 4.90 Å². The summed E-state index contributed by atoms with van der Waals surface area (Å²) in [6, 6.07) is 4.83. The SMILES string of the molecule is O=C(CCN1C(=O)C2CCCCC2C1=O)Oc1ccc(Cl)cc1Br. The number of halogens is 2. The fourth-order valence-electron chi connectivity index (χ4n) is 3.39. The molecule has 2 unspecified atom stereocenters. The molecule has 1 saturated heterocycles. The summed E-state index contributed by atoms with van der Waals surface area (Å²) in [6.07, 6.45) is 3.50. The third kappa shape index (κ3) is 3.49. The van der Waals surface area contributed by atoms with Crippen LogP contribution in [-0.4, -0.2) is 29.2 Å². The van der Waals surface area contributed by atoms with E-state index in [1.54, 1.807) is 18.2 Å². The normalized spacial score (nSPS) is 23.3. The number of benzene rings is 1. The zero-order valence-corrected chi connectivity index (χ0v) is 15.3. The summed E-state index contributed by atoms with van der Waals surface area (Å²) in [5.74, 6) is -0.777. The molecule has 2 atom stereocenters. The first-order valence-corrected chi connectivity index (χ1v) is 9.15. The van der Waals surface area contributed by atoms with Crippen LogP contribution in [0.5, 0.6) is 5.75 Å². The van der Waals surface area contributed by atoms with Gasteiger partial charge in [0.25, 0.3) is 0 Å². The molecule has 0 bridgehead atoms. The summed E-state index contributed by atoms with van der Waals surface area (Å²) in [4.78, 5) is 37.9. The molecule has 1 saturated carbocycles. The fraction of sp³-hybridized carbons (Fsp3) is 0.471. The predicted octanol–water partition coefficient (Wildman–Crippen LogP) is 3.57. The molecule has 1 aliphatic heterocycles. The summed E-state index contributed by atoms with van der Waals surface area (Å²) >= 11 is 9.11. The fourth-order valence-corrected chi connectivity index (χ4v) is 4.15. The van der Waals surface area contributed by atoms with Gasteiger partial charge in [0.2, 0.25) is 11.8 Å². The number of carbonyl (C=O) groups excluding carboxylic acids is 3. The van der Waals surface area contributed by atoms with E-state index in [-0.39, 0.29) is 36.6 Å². The number of nitrogens with zero attached hydrogens (tertiary/aromatic N) is 1. The Bertz CT molecular complexity index is 669. The lowest BCUT2D eigenvalue weighted by Crippen LogP contribution is -2.33. The Morgan fingerprint density at radius 2 is 1.83 bits per heavy atom. The number of ether oxygens (including phenoxy) is 1. The Hall–Kier alpha value is -1.40. The minimum atomic E-state index is -0.492. The van der Waals surface area contributed by atoms with E-state index in [0.29, 0.717) is 15.2 Å². The number of carbonyl (C=O) groups is 3. The maximum absolute atomic E-state index is 12.3. The monoisotopic (exact) mass is 413 g/mol. The molecule has 7 heteroatoms. The molecule has 24 heavy (non-hydrogen) atoms. The predicted molar refractivity (Wildman–Crippen MR) is 91.6 cm³/mol. The van der Waals surface area contributed by atoms with Gasteiger partial charge in [0.15, 0.2) is 0 Å². The molecule has 2 aliphatic rings. The molecule has 0 spiro atoms. The maximum Gasteiger partial charge on any atom is 0.313 e. The number of esters is 1. The second-order valence-corrected chi connectivity index (χ2v) is 7.42. The number of amides is 2. The van der Waals surface area contributed by atoms with Crippen LogP contribution in [0.1, 0.15) is 32.1 Å². The molecule has 0 N–H and O–H groups in total. The van der Waals surface area contributed by atoms with Gasteiger partial charge in [-0.1, -0.05) is 24.4 Å².